The highest BCUT2D eigenvalue weighted by Crippen LogP contribution is 2.44. The Morgan fingerprint density at radius 2 is 1.57 bits per heavy atom. The number of alkyl carbamates (subject to hydrolysis) is 1. The van der Waals surface area contributed by atoms with Crippen molar-refractivity contribution >= 4 is 18.0 Å². The van der Waals surface area contributed by atoms with Crippen molar-refractivity contribution in [1.82, 2.24) is 10.2 Å². The fraction of sp³-hybridized carbons (Fsp3) is 0.464. The topological polar surface area (TPSA) is 95.9 Å². The maximum Gasteiger partial charge on any atom is 0.407 e. The molecular weight excluding hydrogens is 444 g/mol. The van der Waals surface area contributed by atoms with E-state index >= 15 is 0 Å². The van der Waals surface area contributed by atoms with Crippen LogP contribution in [0.3, 0.4) is 0 Å². The van der Waals surface area contributed by atoms with Gasteiger partial charge < -0.3 is 20.1 Å². The number of carboxylic acid groups (broad SMARTS) is 1. The molecule has 0 aliphatic heterocycles. The first-order valence-electron chi connectivity index (χ1n) is 12.5. The van der Waals surface area contributed by atoms with Crippen LogP contribution in [-0.4, -0.2) is 53.7 Å². The van der Waals surface area contributed by atoms with E-state index in [0.29, 0.717) is 32.2 Å². The highest BCUT2D eigenvalue weighted by atomic mass is 16.5. The molecule has 186 valence electrons. The summed E-state index contributed by atoms with van der Waals surface area (Å²) >= 11 is 0. The summed E-state index contributed by atoms with van der Waals surface area (Å²) in [5.41, 5.74) is 4.74. The van der Waals surface area contributed by atoms with Gasteiger partial charge >= 0.3 is 12.1 Å². The largest absolute Gasteiger partial charge is 0.481 e. The third-order valence-electron chi connectivity index (χ3n) is 7.35. The summed E-state index contributed by atoms with van der Waals surface area (Å²) < 4.78 is 5.66. The third kappa shape index (κ3) is 5.50. The molecule has 0 spiro atoms. The number of amides is 2. The average Bonchev–Trinajstić information content (AvgIpc) is 3.19. The smallest absolute Gasteiger partial charge is 0.407 e. The number of hydrogen-bond donors (Lipinski definition) is 2. The Morgan fingerprint density at radius 3 is 2.11 bits per heavy atom. The summed E-state index contributed by atoms with van der Waals surface area (Å²) in [7, 11) is 0. The SMILES string of the molecule is CCN(CC(C)C(=O)O)C(=O)C1CCC(NC(=O)OCC2c3ccccc3-c3ccccc32)CC1. The molecule has 2 aliphatic carbocycles. The van der Waals surface area contributed by atoms with Crippen molar-refractivity contribution in [3.8, 4) is 11.1 Å². The van der Waals surface area contributed by atoms with Gasteiger partial charge in [-0.1, -0.05) is 55.5 Å². The zero-order valence-corrected chi connectivity index (χ0v) is 20.4. The highest BCUT2D eigenvalue weighted by molar-refractivity contribution is 5.80. The molecule has 2 amide bonds. The lowest BCUT2D eigenvalue weighted by Gasteiger charge is -2.32. The molecule has 7 nitrogen and oxygen atoms in total. The van der Waals surface area contributed by atoms with Gasteiger partial charge in [0.15, 0.2) is 0 Å². The van der Waals surface area contributed by atoms with Crippen molar-refractivity contribution in [3.63, 3.8) is 0 Å². The Balaban J connectivity index is 1.26. The second kappa shape index (κ2) is 10.9. The number of carbonyl (C=O) groups is 3. The summed E-state index contributed by atoms with van der Waals surface area (Å²) in [5, 5.41) is 12.1. The standard InChI is InChI=1S/C28H34N2O5/c1-3-30(16-18(2)27(32)33)26(31)19-12-14-20(15-13-19)29-28(34)35-17-25-23-10-6-4-8-21(23)22-9-5-7-11-24(22)25/h4-11,18-20,25H,3,12-17H2,1-2H3,(H,29,34)(H,32,33). The molecule has 0 radical (unpaired) electrons. The second-order valence-electron chi connectivity index (χ2n) is 9.63. The van der Waals surface area contributed by atoms with E-state index in [9.17, 15) is 14.4 Å². The van der Waals surface area contributed by atoms with Gasteiger partial charge in [0.1, 0.15) is 6.61 Å². The fourth-order valence-corrected chi connectivity index (χ4v) is 5.33. The summed E-state index contributed by atoms with van der Waals surface area (Å²) in [6.45, 7) is 4.49. The van der Waals surface area contributed by atoms with Gasteiger partial charge in [0, 0.05) is 31.0 Å². The number of fused-ring (bicyclic) bond motifs is 3. The second-order valence-corrected chi connectivity index (χ2v) is 9.63. The highest BCUT2D eigenvalue weighted by Gasteiger charge is 2.32. The predicted octanol–water partition coefficient (Wildman–Crippen LogP) is 4.65. The zero-order valence-electron chi connectivity index (χ0n) is 20.4. The quantitative estimate of drug-likeness (QED) is 0.576. The normalized spacial score (nSPS) is 19.8. The van der Waals surface area contributed by atoms with E-state index in [1.807, 2.05) is 31.2 Å². The molecule has 1 unspecified atom stereocenters. The van der Waals surface area contributed by atoms with Crippen LogP contribution >= 0.6 is 0 Å². The molecule has 1 saturated carbocycles. The lowest BCUT2D eigenvalue weighted by atomic mass is 9.85. The molecule has 0 saturated heterocycles. The third-order valence-corrected chi connectivity index (χ3v) is 7.35. The number of rotatable bonds is 8. The first kappa shape index (κ1) is 24.8. The van der Waals surface area contributed by atoms with Crippen LogP contribution in [0.5, 0.6) is 0 Å². The van der Waals surface area contributed by atoms with Gasteiger partial charge in [0.2, 0.25) is 5.91 Å². The number of aliphatic carboxylic acids is 1. The van der Waals surface area contributed by atoms with Crippen molar-refractivity contribution in [2.45, 2.75) is 51.5 Å². The van der Waals surface area contributed by atoms with E-state index in [4.69, 9.17) is 9.84 Å². The molecular formula is C28H34N2O5. The molecule has 2 aliphatic rings. The summed E-state index contributed by atoms with van der Waals surface area (Å²) in [6, 6.07) is 16.5. The van der Waals surface area contributed by atoms with Crippen LogP contribution in [0, 0.1) is 11.8 Å². The first-order chi connectivity index (χ1) is 16.9. The molecule has 0 heterocycles. The molecule has 35 heavy (non-hydrogen) atoms. The molecule has 2 aromatic carbocycles. The van der Waals surface area contributed by atoms with Crippen molar-refractivity contribution in [3.05, 3.63) is 59.7 Å². The average molecular weight is 479 g/mol. The van der Waals surface area contributed by atoms with Crippen LogP contribution < -0.4 is 5.32 Å². The minimum absolute atomic E-state index is 0.0141. The molecule has 2 N–H and O–H groups in total. The molecule has 0 bridgehead atoms. The molecule has 1 atom stereocenters. The minimum Gasteiger partial charge on any atom is -0.481 e. The van der Waals surface area contributed by atoms with Crippen molar-refractivity contribution < 1.29 is 24.2 Å². The number of nitrogens with zero attached hydrogens (tertiary/aromatic N) is 1. The first-order valence-corrected chi connectivity index (χ1v) is 12.5. The van der Waals surface area contributed by atoms with Crippen LogP contribution in [0.15, 0.2) is 48.5 Å². The van der Waals surface area contributed by atoms with Gasteiger partial charge in [-0.15, -0.1) is 0 Å². The lowest BCUT2D eigenvalue weighted by Crippen LogP contribution is -2.44. The fourth-order valence-electron chi connectivity index (χ4n) is 5.33. The summed E-state index contributed by atoms with van der Waals surface area (Å²) in [6.07, 6.45) is 2.32. The van der Waals surface area contributed by atoms with E-state index < -0.39 is 18.0 Å². The van der Waals surface area contributed by atoms with Crippen LogP contribution in [0.4, 0.5) is 4.79 Å². The zero-order chi connectivity index (χ0) is 24.9. The van der Waals surface area contributed by atoms with Crippen molar-refractivity contribution in [2.24, 2.45) is 11.8 Å². The van der Waals surface area contributed by atoms with Gasteiger partial charge in [0.25, 0.3) is 0 Å². The molecule has 0 aromatic heterocycles. The Bertz CT molecular complexity index is 1030. The number of hydrogen-bond acceptors (Lipinski definition) is 4. The number of carbonyl (C=O) groups excluding carboxylic acids is 2. The Hall–Kier alpha value is -3.35. The van der Waals surface area contributed by atoms with Gasteiger partial charge in [-0.2, -0.15) is 0 Å². The maximum absolute atomic E-state index is 12.9. The minimum atomic E-state index is -0.896. The van der Waals surface area contributed by atoms with Crippen LogP contribution in [0.2, 0.25) is 0 Å². The van der Waals surface area contributed by atoms with Crippen molar-refractivity contribution in [1.29, 1.82) is 0 Å². The number of carboxylic acids is 1. The van der Waals surface area contributed by atoms with E-state index in [1.54, 1.807) is 11.8 Å². The van der Waals surface area contributed by atoms with Gasteiger partial charge in [-0.05, 0) is 54.9 Å². The van der Waals surface area contributed by atoms with Gasteiger partial charge in [-0.3, -0.25) is 9.59 Å². The molecule has 2 aromatic rings. The molecule has 1 fully saturated rings. The Labute approximate surface area is 206 Å². The van der Waals surface area contributed by atoms with E-state index in [-0.39, 0.29) is 36.9 Å². The van der Waals surface area contributed by atoms with Crippen LogP contribution in [0.1, 0.15) is 56.6 Å². The monoisotopic (exact) mass is 478 g/mol. The van der Waals surface area contributed by atoms with Gasteiger partial charge in [-0.25, -0.2) is 4.79 Å². The van der Waals surface area contributed by atoms with Crippen LogP contribution in [0.25, 0.3) is 11.1 Å². The molecule has 7 heteroatoms. The number of benzene rings is 2. The lowest BCUT2D eigenvalue weighted by molar-refractivity contribution is -0.144. The molecule has 4 rings (SSSR count). The van der Waals surface area contributed by atoms with E-state index in [2.05, 4.69) is 29.6 Å². The summed E-state index contributed by atoms with van der Waals surface area (Å²) in [4.78, 5) is 38.3. The van der Waals surface area contributed by atoms with Crippen molar-refractivity contribution in [2.75, 3.05) is 19.7 Å². The van der Waals surface area contributed by atoms with Crippen LogP contribution in [-0.2, 0) is 14.3 Å². The number of ether oxygens (including phenoxy) is 1. The predicted molar refractivity (Wildman–Crippen MR) is 133 cm³/mol. The Morgan fingerprint density at radius 1 is 1.00 bits per heavy atom. The van der Waals surface area contributed by atoms with E-state index in [0.717, 1.165) is 0 Å². The number of nitrogens with one attached hydrogen (secondary N) is 1. The summed E-state index contributed by atoms with van der Waals surface area (Å²) in [5.74, 6) is -1.58. The van der Waals surface area contributed by atoms with Gasteiger partial charge in [0.05, 0.1) is 5.92 Å². The van der Waals surface area contributed by atoms with E-state index in [1.165, 1.54) is 22.3 Å². The Kier molecular flexibility index (Phi) is 7.73. The maximum atomic E-state index is 12.9.